The summed E-state index contributed by atoms with van der Waals surface area (Å²) in [5, 5.41) is 3.17. The molecule has 0 spiro atoms. The van der Waals surface area contributed by atoms with E-state index in [-0.39, 0.29) is 11.2 Å². The highest BCUT2D eigenvalue weighted by atomic mass is 32.2. The van der Waals surface area contributed by atoms with E-state index in [4.69, 9.17) is 12.2 Å². The van der Waals surface area contributed by atoms with Crippen molar-refractivity contribution in [3.63, 3.8) is 0 Å². The summed E-state index contributed by atoms with van der Waals surface area (Å²) >= 11 is 6.73. The number of amides is 1. The van der Waals surface area contributed by atoms with E-state index in [1.54, 1.807) is 0 Å². The van der Waals surface area contributed by atoms with Crippen molar-refractivity contribution in [3.05, 3.63) is 59.7 Å². The highest BCUT2D eigenvalue weighted by Crippen LogP contribution is 2.23. The lowest BCUT2D eigenvalue weighted by atomic mass is 10.0. The van der Waals surface area contributed by atoms with Gasteiger partial charge in [0.1, 0.15) is 0 Å². The van der Waals surface area contributed by atoms with Gasteiger partial charge in [-0.3, -0.25) is 15.6 Å². The minimum absolute atomic E-state index is 0.130. The molecule has 2 aromatic carbocycles. The molecule has 0 aromatic heterocycles. The van der Waals surface area contributed by atoms with Crippen LogP contribution in [0.25, 0.3) is 0 Å². The Labute approximate surface area is 165 Å². The third kappa shape index (κ3) is 6.35. The van der Waals surface area contributed by atoms with Crippen molar-refractivity contribution in [2.45, 2.75) is 43.8 Å². The number of hydrogen-bond donors (Lipinski definition) is 3. The second kappa shape index (κ2) is 9.59. The van der Waals surface area contributed by atoms with Gasteiger partial charge in [0.05, 0.1) is 5.25 Å². The molecule has 4 nitrogen and oxygen atoms in total. The van der Waals surface area contributed by atoms with E-state index in [2.05, 4.69) is 42.1 Å². The molecule has 2 aromatic rings. The topological polar surface area (TPSA) is 53.2 Å². The fourth-order valence-electron chi connectivity index (χ4n) is 2.21. The van der Waals surface area contributed by atoms with Gasteiger partial charge in [0.2, 0.25) is 0 Å². The summed E-state index contributed by atoms with van der Waals surface area (Å²) in [6.45, 7) is 8.21. The molecule has 0 saturated heterocycles. The van der Waals surface area contributed by atoms with Gasteiger partial charge in [-0.15, -0.1) is 11.8 Å². The molecule has 0 fully saturated rings. The lowest BCUT2D eigenvalue weighted by molar-refractivity contribution is -0.120. The molecule has 0 aliphatic heterocycles. The highest BCUT2D eigenvalue weighted by Gasteiger charge is 2.14. The smallest absolute Gasteiger partial charge is 0.251 e. The Morgan fingerprint density at radius 2 is 1.58 bits per heavy atom. The van der Waals surface area contributed by atoms with Crippen molar-refractivity contribution in [1.82, 2.24) is 10.9 Å². The molecule has 0 saturated carbocycles. The fraction of sp³-hybridized carbons (Fsp3) is 0.300. The van der Waals surface area contributed by atoms with Gasteiger partial charge in [-0.2, -0.15) is 0 Å². The highest BCUT2D eigenvalue weighted by molar-refractivity contribution is 8.00. The lowest BCUT2D eigenvalue weighted by Crippen LogP contribution is -2.46. The van der Waals surface area contributed by atoms with Crippen LogP contribution in [0, 0.1) is 6.92 Å². The van der Waals surface area contributed by atoms with Gasteiger partial charge in [0.25, 0.3) is 5.91 Å². The molecule has 1 atom stereocenters. The quantitative estimate of drug-likeness (QED) is 0.397. The van der Waals surface area contributed by atoms with Gasteiger partial charge in [-0.1, -0.05) is 43.7 Å². The summed E-state index contributed by atoms with van der Waals surface area (Å²) in [5.74, 6) is 0.357. The molecule has 6 heteroatoms. The summed E-state index contributed by atoms with van der Waals surface area (Å²) in [6, 6.07) is 16.2. The van der Waals surface area contributed by atoms with E-state index < -0.39 is 0 Å². The van der Waals surface area contributed by atoms with Crippen LogP contribution in [-0.4, -0.2) is 16.3 Å². The Hall–Kier alpha value is -2.05. The Kier molecular flexibility index (Phi) is 7.48. The average molecular weight is 388 g/mol. The second-order valence-corrected chi connectivity index (χ2v) is 8.24. The molecule has 0 unspecified atom stereocenters. The molecular weight excluding hydrogens is 362 g/mol. The van der Waals surface area contributed by atoms with Crippen molar-refractivity contribution in [2.75, 3.05) is 5.32 Å². The lowest BCUT2D eigenvalue weighted by Gasteiger charge is -2.15. The van der Waals surface area contributed by atoms with Gasteiger partial charge in [0.15, 0.2) is 5.11 Å². The maximum absolute atomic E-state index is 12.2. The summed E-state index contributed by atoms with van der Waals surface area (Å²) in [6.07, 6.45) is 0. The Morgan fingerprint density at radius 1 is 0.962 bits per heavy atom. The molecular formula is C20H25N3OS2. The molecule has 0 aliphatic carbocycles. The third-order valence-electron chi connectivity index (χ3n) is 3.84. The minimum Gasteiger partial charge on any atom is -0.331 e. The molecule has 138 valence electrons. The average Bonchev–Trinajstić information content (AvgIpc) is 2.62. The van der Waals surface area contributed by atoms with Crippen LogP contribution in [-0.2, 0) is 4.79 Å². The number of hydrogen-bond acceptors (Lipinski definition) is 3. The van der Waals surface area contributed by atoms with E-state index >= 15 is 0 Å². The first-order valence-corrected chi connectivity index (χ1v) is 9.84. The maximum atomic E-state index is 12.2. The number of carbonyl (C=O) groups excluding carboxylic acids is 1. The van der Waals surface area contributed by atoms with Crippen LogP contribution in [0.3, 0.4) is 0 Å². The van der Waals surface area contributed by atoms with Crippen molar-refractivity contribution in [1.29, 1.82) is 0 Å². The fourth-order valence-corrected chi connectivity index (χ4v) is 3.24. The van der Waals surface area contributed by atoms with Crippen LogP contribution in [0.1, 0.15) is 37.8 Å². The first-order valence-electron chi connectivity index (χ1n) is 8.55. The normalized spacial score (nSPS) is 11.7. The van der Waals surface area contributed by atoms with E-state index in [1.807, 2.05) is 50.2 Å². The van der Waals surface area contributed by atoms with Gasteiger partial charge >= 0.3 is 0 Å². The van der Waals surface area contributed by atoms with Gasteiger partial charge in [-0.05, 0) is 61.8 Å². The van der Waals surface area contributed by atoms with Crippen LogP contribution in [0.4, 0.5) is 5.69 Å². The van der Waals surface area contributed by atoms with E-state index in [0.29, 0.717) is 11.0 Å². The maximum Gasteiger partial charge on any atom is 0.251 e. The largest absolute Gasteiger partial charge is 0.331 e. The molecule has 1 amide bonds. The minimum atomic E-state index is -0.238. The zero-order valence-electron chi connectivity index (χ0n) is 15.5. The Balaban J connectivity index is 1.78. The van der Waals surface area contributed by atoms with Crippen molar-refractivity contribution in [2.24, 2.45) is 0 Å². The third-order valence-corrected chi connectivity index (χ3v) is 5.15. The van der Waals surface area contributed by atoms with Crippen LogP contribution in [0.5, 0.6) is 0 Å². The molecule has 2 rings (SSSR count). The number of carbonyl (C=O) groups is 1. The number of aryl methyl sites for hydroxylation is 1. The summed E-state index contributed by atoms with van der Waals surface area (Å²) in [4.78, 5) is 13.3. The van der Waals surface area contributed by atoms with Crippen LogP contribution >= 0.6 is 24.0 Å². The molecule has 0 radical (unpaired) electrons. The molecule has 0 aliphatic rings. The zero-order valence-corrected chi connectivity index (χ0v) is 17.1. The SMILES string of the molecule is Cc1ccc(S[C@@H](C)C(=O)NNC(=S)Nc2ccc(C(C)C)cc2)cc1. The molecule has 26 heavy (non-hydrogen) atoms. The van der Waals surface area contributed by atoms with Gasteiger partial charge in [0, 0.05) is 10.6 Å². The second-order valence-electron chi connectivity index (χ2n) is 6.42. The molecule has 3 N–H and O–H groups in total. The molecule has 0 bridgehead atoms. The van der Waals surface area contributed by atoms with Crippen LogP contribution < -0.4 is 16.2 Å². The zero-order chi connectivity index (χ0) is 19.1. The van der Waals surface area contributed by atoms with Gasteiger partial charge < -0.3 is 5.32 Å². The number of thiocarbonyl (C=S) groups is 1. The number of anilines is 1. The van der Waals surface area contributed by atoms with E-state index in [9.17, 15) is 4.79 Å². The summed E-state index contributed by atoms with van der Waals surface area (Å²) in [5.41, 5.74) is 8.75. The standard InChI is InChI=1S/C20H25N3OS2/c1-13(2)16-7-9-17(10-8-16)21-20(25)23-22-19(24)15(4)26-18-11-5-14(3)6-12-18/h5-13,15H,1-4H3,(H,22,24)(H2,21,23,25)/t15-/m0/s1. The van der Waals surface area contributed by atoms with E-state index in [1.165, 1.54) is 22.9 Å². The van der Waals surface area contributed by atoms with Gasteiger partial charge in [-0.25, -0.2) is 0 Å². The Bertz CT molecular complexity index is 743. The monoisotopic (exact) mass is 387 g/mol. The molecule has 0 heterocycles. The van der Waals surface area contributed by atoms with Crippen molar-refractivity contribution < 1.29 is 4.79 Å². The first-order chi connectivity index (χ1) is 12.3. The summed E-state index contributed by atoms with van der Waals surface area (Å²) < 4.78 is 0. The van der Waals surface area contributed by atoms with E-state index in [0.717, 1.165) is 10.6 Å². The predicted molar refractivity (Wildman–Crippen MR) is 115 cm³/mol. The first kappa shape index (κ1) is 20.3. The van der Waals surface area contributed by atoms with Crippen molar-refractivity contribution in [3.8, 4) is 0 Å². The van der Waals surface area contributed by atoms with Crippen LogP contribution in [0.15, 0.2) is 53.4 Å². The number of rotatable bonds is 5. The summed E-state index contributed by atoms with van der Waals surface area (Å²) in [7, 11) is 0. The Morgan fingerprint density at radius 3 is 2.15 bits per heavy atom. The number of hydrazine groups is 1. The predicted octanol–water partition coefficient (Wildman–Crippen LogP) is 4.62. The van der Waals surface area contributed by atoms with Crippen LogP contribution in [0.2, 0.25) is 0 Å². The number of benzene rings is 2. The number of nitrogens with one attached hydrogen (secondary N) is 3. The number of thioether (sulfide) groups is 1. The van der Waals surface area contributed by atoms with Crippen molar-refractivity contribution >= 4 is 40.7 Å².